The van der Waals surface area contributed by atoms with Crippen molar-refractivity contribution in [2.24, 2.45) is 0 Å². The largest absolute Gasteiger partial charge is 0.388 e. The molecule has 1 heterocycles. The van der Waals surface area contributed by atoms with Crippen LogP contribution < -0.4 is 0 Å². The topological polar surface area (TPSA) is 20.2 Å². The third-order valence-electron chi connectivity index (χ3n) is 2.35. The van der Waals surface area contributed by atoms with Gasteiger partial charge in [-0.25, -0.2) is 0 Å². The van der Waals surface area contributed by atoms with Gasteiger partial charge >= 0.3 is 0 Å². The first-order valence-corrected chi connectivity index (χ1v) is 7.30. The van der Waals surface area contributed by atoms with Crippen molar-refractivity contribution >= 4 is 50.5 Å². The van der Waals surface area contributed by atoms with Crippen molar-refractivity contribution in [3.05, 3.63) is 54.6 Å². The van der Waals surface area contributed by atoms with Crippen LogP contribution in [-0.4, -0.2) is 5.11 Å². The van der Waals surface area contributed by atoms with Crippen molar-refractivity contribution in [2.75, 3.05) is 0 Å². The van der Waals surface area contributed by atoms with Gasteiger partial charge in [0.1, 0.15) is 0 Å². The maximum atomic E-state index is 10.1. The molecule has 0 bridgehead atoms. The fourth-order valence-corrected chi connectivity index (χ4v) is 3.05. The van der Waals surface area contributed by atoms with Crippen LogP contribution in [0.3, 0.4) is 0 Å². The molecule has 5 heteroatoms. The maximum absolute atomic E-state index is 10.1. The molecule has 2 rings (SSSR count). The predicted molar refractivity (Wildman–Crippen MR) is 77.1 cm³/mol. The molecule has 0 radical (unpaired) electrons. The molecular weight excluding hydrogens is 343 g/mol. The minimum Gasteiger partial charge on any atom is -0.388 e. The Morgan fingerprint density at radius 1 is 1.24 bits per heavy atom. The van der Waals surface area contributed by atoms with E-state index in [2.05, 4.69) is 15.9 Å². The van der Waals surface area contributed by atoms with Crippen molar-refractivity contribution in [1.29, 1.82) is 0 Å². The van der Waals surface area contributed by atoms with Gasteiger partial charge < -0.3 is 5.11 Å². The van der Waals surface area contributed by atoms with Crippen LogP contribution >= 0.6 is 50.5 Å². The minimum absolute atomic E-state index is 0.551. The van der Waals surface area contributed by atoms with Crippen molar-refractivity contribution in [3.63, 3.8) is 0 Å². The molecular formula is C12H9BrCl2OS. The Hall–Kier alpha value is -0.0600. The molecule has 1 N–H and O–H groups in total. The highest BCUT2D eigenvalue weighted by Gasteiger charge is 2.11. The molecule has 1 aromatic heterocycles. The van der Waals surface area contributed by atoms with E-state index in [1.807, 2.05) is 24.3 Å². The summed E-state index contributed by atoms with van der Waals surface area (Å²) in [5.41, 5.74) is 0.808. The second kappa shape index (κ2) is 5.72. The predicted octanol–water partition coefficient (Wildman–Crippen LogP) is 5.09. The van der Waals surface area contributed by atoms with Gasteiger partial charge in [0.25, 0.3) is 0 Å². The molecule has 0 fully saturated rings. The Labute approximate surface area is 122 Å². The summed E-state index contributed by atoms with van der Waals surface area (Å²) in [5, 5.41) is 10.7. The lowest BCUT2D eigenvalue weighted by Crippen LogP contribution is -2.00. The lowest BCUT2D eigenvalue weighted by molar-refractivity contribution is 0.179. The minimum atomic E-state index is -0.560. The first-order valence-electron chi connectivity index (χ1n) is 4.93. The van der Waals surface area contributed by atoms with Crippen LogP contribution in [0.15, 0.2) is 34.8 Å². The summed E-state index contributed by atoms with van der Waals surface area (Å²) in [6, 6.07) is 9.23. The monoisotopic (exact) mass is 350 g/mol. The van der Waals surface area contributed by atoms with Gasteiger partial charge in [0.2, 0.25) is 0 Å². The third kappa shape index (κ3) is 3.46. The fraction of sp³-hybridized carbons (Fsp3) is 0.167. The summed E-state index contributed by atoms with van der Waals surface area (Å²) < 4.78 is 1.57. The van der Waals surface area contributed by atoms with Crippen LogP contribution in [0.5, 0.6) is 0 Å². The molecule has 0 saturated carbocycles. The first kappa shape index (κ1) is 13.4. The first-order chi connectivity index (χ1) is 8.06. The van der Waals surface area contributed by atoms with E-state index in [9.17, 15) is 5.11 Å². The molecule has 1 unspecified atom stereocenters. The number of halogens is 3. The zero-order valence-corrected chi connectivity index (χ0v) is 12.6. The molecule has 1 atom stereocenters. The van der Waals surface area contributed by atoms with Gasteiger partial charge in [-0.15, -0.1) is 11.3 Å². The fourth-order valence-electron chi connectivity index (χ4n) is 1.49. The third-order valence-corrected chi connectivity index (χ3v) is 4.84. The molecule has 0 aliphatic rings. The zero-order chi connectivity index (χ0) is 12.4. The van der Waals surface area contributed by atoms with Gasteiger partial charge in [0.15, 0.2) is 0 Å². The molecule has 0 amide bonds. The summed E-state index contributed by atoms with van der Waals surface area (Å²) >= 11 is 16.6. The van der Waals surface area contributed by atoms with Crippen LogP contribution in [0.4, 0.5) is 0 Å². The number of rotatable bonds is 3. The standard InChI is InChI=1S/C12H9BrCl2OS/c13-9-3-1-7(5-10(9)14)11(16)6-8-2-4-12(15)17-8/h1-5,11,16H,6H2. The number of thiophene rings is 1. The van der Waals surface area contributed by atoms with Gasteiger partial charge in [0, 0.05) is 15.8 Å². The molecule has 1 aromatic carbocycles. The quantitative estimate of drug-likeness (QED) is 0.816. The van der Waals surface area contributed by atoms with E-state index in [0.29, 0.717) is 11.4 Å². The molecule has 0 spiro atoms. The lowest BCUT2D eigenvalue weighted by Gasteiger charge is -2.10. The number of hydrogen-bond acceptors (Lipinski definition) is 2. The number of benzene rings is 1. The molecule has 1 nitrogen and oxygen atoms in total. The highest BCUT2D eigenvalue weighted by molar-refractivity contribution is 9.10. The van der Waals surface area contributed by atoms with E-state index in [-0.39, 0.29) is 0 Å². The van der Waals surface area contributed by atoms with Crippen molar-refractivity contribution in [3.8, 4) is 0 Å². The second-order valence-corrected chi connectivity index (χ2v) is 6.66. The zero-order valence-electron chi connectivity index (χ0n) is 8.66. The second-order valence-electron chi connectivity index (χ2n) is 3.60. The van der Waals surface area contributed by atoms with Gasteiger partial charge in [-0.2, -0.15) is 0 Å². The lowest BCUT2D eigenvalue weighted by atomic mass is 10.1. The van der Waals surface area contributed by atoms with E-state index in [1.54, 1.807) is 6.07 Å². The number of aliphatic hydroxyl groups excluding tert-OH is 1. The highest BCUT2D eigenvalue weighted by Crippen LogP contribution is 2.30. The van der Waals surface area contributed by atoms with Crippen LogP contribution in [0.2, 0.25) is 9.36 Å². The molecule has 0 aliphatic heterocycles. The number of aliphatic hydroxyl groups is 1. The van der Waals surface area contributed by atoms with Crippen molar-refractivity contribution in [2.45, 2.75) is 12.5 Å². The van der Waals surface area contributed by atoms with E-state index < -0.39 is 6.10 Å². The molecule has 17 heavy (non-hydrogen) atoms. The normalized spacial score (nSPS) is 12.7. The number of hydrogen-bond donors (Lipinski definition) is 1. The Balaban J connectivity index is 2.14. The summed E-state index contributed by atoms with van der Waals surface area (Å²) in [4.78, 5) is 1.06. The molecule has 0 saturated heterocycles. The Morgan fingerprint density at radius 2 is 2.00 bits per heavy atom. The average molecular weight is 352 g/mol. The van der Waals surface area contributed by atoms with Gasteiger partial charge in [-0.3, -0.25) is 0 Å². The molecule has 0 aliphatic carbocycles. The average Bonchev–Trinajstić information content (AvgIpc) is 2.68. The van der Waals surface area contributed by atoms with E-state index >= 15 is 0 Å². The van der Waals surface area contributed by atoms with Crippen LogP contribution in [0.25, 0.3) is 0 Å². The smallest absolute Gasteiger partial charge is 0.0931 e. The summed E-state index contributed by atoms with van der Waals surface area (Å²) in [6.07, 6.45) is -0.00895. The van der Waals surface area contributed by atoms with Gasteiger partial charge in [0.05, 0.1) is 15.5 Å². The molecule has 90 valence electrons. The highest BCUT2D eigenvalue weighted by atomic mass is 79.9. The summed E-state index contributed by atoms with van der Waals surface area (Å²) in [5.74, 6) is 0. The van der Waals surface area contributed by atoms with Gasteiger partial charge in [-0.05, 0) is 45.8 Å². The summed E-state index contributed by atoms with van der Waals surface area (Å²) in [7, 11) is 0. The summed E-state index contributed by atoms with van der Waals surface area (Å²) in [6.45, 7) is 0. The SMILES string of the molecule is OC(Cc1ccc(Cl)s1)c1ccc(Br)c(Cl)c1. The van der Waals surface area contributed by atoms with Crippen LogP contribution in [0, 0.1) is 0 Å². The van der Waals surface area contributed by atoms with Crippen LogP contribution in [0.1, 0.15) is 16.5 Å². The Bertz CT molecular complexity index is 527. The van der Waals surface area contributed by atoms with Crippen molar-refractivity contribution < 1.29 is 5.11 Å². The van der Waals surface area contributed by atoms with E-state index in [1.165, 1.54) is 11.3 Å². The van der Waals surface area contributed by atoms with Crippen LogP contribution in [-0.2, 0) is 6.42 Å². The van der Waals surface area contributed by atoms with Crippen molar-refractivity contribution in [1.82, 2.24) is 0 Å². The molecule has 2 aromatic rings. The van der Waals surface area contributed by atoms with E-state index in [4.69, 9.17) is 23.2 Å². The van der Waals surface area contributed by atoms with E-state index in [0.717, 1.165) is 19.2 Å². The Kier molecular flexibility index (Phi) is 4.50. The van der Waals surface area contributed by atoms with Gasteiger partial charge in [-0.1, -0.05) is 29.3 Å². The maximum Gasteiger partial charge on any atom is 0.0931 e. The Morgan fingerprint density at radius 3 is 2.59 bits per heavy atom.